The summed E-state index contributed by atoms with van der Waals surface area (Å²) >= 11 is 5.83. The standard InChI is InChI=1S/C19H16ClN5O2/c1-12-9-17(26)24-19(22-12)25-21-11-13-3-2-4-16(10-13)23-18(27)14-5-7-15(20)8-6-14/h2-11H,1H3,(H,23,27)(H2,22,24,25,26)/b21-11+. The summed E-state index contributed by atoms with van der Waals surface area (Å²) in [6.07, 6.45) is 1.56. The number of H-pyrrole nitrogens is 1. The molecule has 0 fully saturated rings. The number of anilines is 2. The predicted octanol–water partition coefficient (Wildman–Crippen LogP) is 3.43. The van der Waals surface area contributed by atoms with Gasteiger partial charge in [-0.3, -0.25) is 14.6 Å². The molecule has 3 N–H and O–H groups in total. The predicted molar refractivity (Wildman–Crippen MR) is 107 cm³/mol. The van der Waals surface area contributed by atoms with Crippen LogP contribution < -0.4 is 16.3 Å². The van der Waals surface area contributed by atoms with Crippen molar-refractivity contribution in [3.05, 3.63) is 86.8 Å². The van der Waals surface area contributed by atoms with Crippen molar-refractivity contribution < 1.29 is 4.79 Å². The van der Waals surface area contributed by atoms with Crippen LogP contribution in [0.15, 0.2) is 64.5 Å². The van der Waals surface area contributed by atoms with Crippen LogP contribution in [0.25, 0.3) is 0 Å². The van der Waals surface area contributed by atoms with Gasteiger partial charge in [-0.2, -0.15) is 5.10 Å². The lowest BCUT2D eigenvalue weighted by Gasteiger charge is -2.06. The van der Waals surface area contributed by atoms with Crippen molar-refractivity contribution in [2.24, 2.45) is 5.10 Å². The van der Waals surface area contributed by atoms with E-state index in [1.54, 1.807) is 55.6 Å². The Morgan fingerprint density at radius 3 is 2.70 bits per heavy atom. The van der Waals surface area contributed by atoms with E-state index in [9.17, 15) is 9.59 Å². The Bertz CT molecular complexity index is 1040. The van der Waals surface area contributed by atoms with Crippen molar-refractivity contribution in [1.82, 2.24) is 9.97 Å². The normalized spacial score (nSPS) is 10.7. The highest BCUT2D eigenvalue weighted by Gasteiger charge is 2.06. The van der Waals surface area contributed by atoms with Crippen LogP contribution >= 0.6 is 11.6 Å². The highest BCUT2D eigenvalue weighted by atomic mass is 35.5. The average molecular weight is 382 g/mol. The van der Waals surface area contributed by atoms with E-state index in [0.29, 0.717) is 22.0 Å². The number of carbonyl (C=O) groups is 1. The van der Waals surface area contributed by atoms with Gasteiger partial charge >= 0.3 is 0 Å². The van der Waals surface area contributed by atoms with E-state index in [0.717, 1.165) is 5.56 Å². The fraction of sp³-hybridized carbons (Fsp3) is 0.0526. The quantitative estimate of drug-likeness (QED) is 0.465. The third-order valence-electron chi connectivity index (χ3n) is 3.50. The van der Waals surface area contributed by atoms with E-state index < -0.39 is 0 Å². The molecular formula is C19H16ClN5O2. The number of nitrogens with zero attached hydrogens (tertiary/aromatic N) is 2. The maximum atomic E-state index is 12.3. The molecular weight excluding hydrogens is 366 g/mol. The first kappa shape index (κ1) is 18.3. The van der Waals surface area contributed by atoms with Crippen molar-refractivity contribution in [3.63, 3.8) is 0 Å². The fourth-order valence-electron chi connectivity index (χ4n) is 2.30. The Labute approximate surface area is 160 Å². The smallest absolute Gasteiger partial charge is 0.255 e. The molecule has 136 valence electrons. The van der Waals surface area contributed by atoms with Gasteiger partial charge in [-0.25, -0.2) is 10.4 Å². The number of hydrogen-bond donors (Lipinski definition) is 3. The number of halogens is 1. The molecule has 0 aliphatic rings. The number of hydrogen-bond acceptors (Lipinski definition) is 5. The molecule has 1 heterocycles. The van der Waals surface area contributed by atoms with Gasteiger partial charge < -0.3 is 5.32 Å². The highest BCUT2D eigenvalue weighted by Crippen LogP contribution is 2.13. The summed E-state index contributed by atoms with van der Waals surface area (Å²) in [5, 5.41) is 7.44. The Morgan fingerprint density at radius 2 is 1.96 bits per heavy atom. The lowest BCUT2D eigenvalue weighted by Crippen LogP contribution is -2.12. The molecule has 8 heteroatoms. The molecule has 3 rings (SSSR count). The van der Waals surface area contributed by atoms with Gasteiger partial charge in [0, 0.05) is 28.0 Å². The zero-order valence-electron chi connectivity index (χ0n) is 14.4. The lowest BCUT2D eigenvalue weighted by atomic mass is 10.2. The summed E-state index contributed by atoms with van der Waals surface area (Å²) in [6, 6.07) is 15.2. The number of rotatable bonds is 5. The van der Waals surface area contributed by atoms with Gasteiger partial charge in [0.25, 0.3) is 11.5 Å². The van der Waals surface area contributed by atoms with Gasteiger partial charge in [-0.15, -0.1) is 0 Å². The molecule has 27 heavy (non-hydrogen) atoms. The maximum Gasteiger partial charge on any atom is 0.255 e. The van der Waals surface area contributed by atoms with Crippen molar-refractivity contribution in [2.45, 2.75) is 6.92 Å². The molecule has 0 aliphatic heterocycles. The van der Waals surface area contributed by atoms with Crippen LogP contribution in [0, 0.1) is 6.92 Å². The Kier molecular flexibility index (Phi) is 5.63. The molecule has 0 atom stereocenters. The Balaban J connectivity index is 1.67. The summed E-state index contributed by atoms with van der Waals surface area (Å²) in [5.74, 6) is 0.0175. The molecule has 0 unspecified atom stereocenters. The molecule has 1 aromatic heterocycles. The number of amides is 1. The first-order chi connectivity index (χ1) is 13.0. The van der Waals surface area contributed by atoms with E-state index in [1.165, 1.54) is 6.07 Å². The van der Waals surface area contributed by atoms with Crippen LogP contribution in [0.3, 0.4) is 0 Å². The number of aromatic nitrogens is 2. The van der Waals surface area contributed by atoms with E-state index in [-0.39, 0.29) is 17.4 Å². The fourth-order valence-corrected chi connectivity index (χ4v) is 2.43. The minimum absolute atomic E-state index is 0.236. The number of carbonyl (C=O) groups excluding carboxylic acids is 1. The molecule has 0 saturated carbocycles. The first-order valence-electron chi connectivity index (χ1n) is 8.04. The van der Waals surface area contributed by atoms with Crippen molar-refractivity contribution >= 4 is 35.4 Å². The van der Waals surface area contributed by atoms with Crippen molar-refractivity contribution in [2.75, 3.05) is 10.7 Å². The second-order valence-electron chi connectivity index (χ2n) is 5.69. The molecule has 0 aliphatic carbocycles. The summed E-state index contributed by atoms with van der Waals surface area (Å²) in [6.45, 7) is 1.72. The molecule has 0 spiro atoms. The Morgan fingerprint density at radius 1 is 1.19 bits per heavy atom. The monoisotopic (exact) mass is 381 g/mol. The van der Waals surface area contributed by atoms with Crippen LogP contribution in [0.5, 0.6) is 0 Å². The molecule has 0 saturated heterocycles. The second-order valence-corrected chi connectivity index (χ2v) is 6.13. The molecule has 0 radical (unpaired) electrons. The van der Waals surface area contributed by atoms with Gasteiger partial charge in [0.15, 0.2) is 0 Å². The lowest BCUT2D eigenvalue weighted by molar-refractivity contribution is 0.102. The largest absolute Gasteiger partial charge is 0.322 e. The number of nitrogens with one attached hydrogen (secondary N) is 3. The molecule has 2 aromatic carbocycles. The summed E-state index contributed by atoms with van der Waals surface area (Å²) < 4.78 is 0. The van der Waals surface area contributed by atoms with Gasteiger partial charge in [-0.1, -0.05) is 23.7 Å². The molecule has 1 amide bonds. The van der Waals surface area contributed by atoms with Crippen LogP contribution in [-0.4, -0.2) is 22.1 Å². The van der Waals surface area contributed by atoms with E-state index in [4.69, 9.17) is 11.6 Å². The van der Waals surface area contributed by atoms with Crippen LogP contribution in [0.4, 0.5) is 11.6 Å². The van der Waals surface area contributed by atoms with Crippen molar-refractivity contribution in [1.29, 1.82) is 0 Å². The second kappa shape index (κ2) is 8.29. The third kappa shape index (κ3) is 5.26. The topological polar surface area (TPSA) is 99.2 Å². The minimum atomic E-state index is -0.257. The SMILES string of the molecule is Cc1cc(=O)[nH]c(N/N=C/c2cccc(NC(=O)c3ccc(Cl)cc3)c2)n1. The third-order valence-corrected chi connectivity index (χ3v) is 3.76. The number of benzene rings is 2. The zero-order valence-corrected chi connectivity index (χ0v) is 15.1. The van der Waals surface area contributed by atoms with Crippen LogP contribution in [0.2, 0.25) is 5.02 Å². The van der Waals surface area contributed by atoms with Gasteiger partial charge in [0.2, 0.25) is 5.95 Å². The molecule has 0 bridgehead atoms. The van der Waals surface area contributed by atoms with E-state index in [2.05, 4.69) is 25.8 Å². The first-order valence-corrected chi connectivity index (χ1v) is 8.41. The zero-order chi connectivity index (χ0) is 19.2. The van der Waals surface area contributed by atoms with Crippen LogP contribution in [0.1, 0.15) is 21.6 Å². The number of aromatic amines is 1. The van der Waals surface area contributed by atoms with Crippen molar-refractivity contribution in [3.8, 4) is 0 Å². The molecule has 3 aromatic rings. The number of aryl methyl sites for hydroxylation is 1. The van der Waals surface area contributed by atoms with Gasteiger partial charge in [-0.05, 0) is 48.9 Å². The maximum absolute atomic E-state index is 12.3. The minimum Gasteiger partial charge on any atom is -0.322 e. The van der Waals surface area contributed by atoms with E-state index in [1.807, 2.05) is 6.07 Å². The average Bonchev–Trinajstić information content (AvgIpc) is 2.62. The van der Waals surface area contributed by atoms with E-state index >= 15 is 0 Å². The highest BCUT2D eigenvalue weighted by molar-refractivity contribution is 6.30. The van der Waals surface area contributed by atoms with Gasteiger partial charge in [0.05, 0.1) is 6.21 Å². The summed E-state index contributed by atoms with van der Waals surface area (Å²) in [7, 11) is 0. The van der Waals surface area contributed by atoms with Crippen LogP contribution in [-0.2, 0) is 0 Å². The summed E-state index contributed by atoms with van der Waals surface area (Å²) in [4.78, 5) is 30.3. The van der Waals surface area contributed by atoms with Gasteiger partial charge in [0.1, 0.15) is 0 Å². The number of hydrazone groups is 1. The summed E-state index contributed by atoms with van der Waals surface area (Å²) in [5.41, 5.74) is 4.89. The molecule has 7 nitrogen and oxygen atoms in total. The Hall–Kier alpha value is -3.45.